The SMILES string of the molecule is CC1C(=O)NCCN1S(=O)(=O)Cc1ccccc1C(F)(F)F. The number of rotatable bonds is 3. The maximum atomic E-state index is 12.9. The number of amides is 1. The average Bonchev–Trinajstić information content (AvgIpc) is 2.40. The minimum Gasteiger partial charge on any atom is -0.353 e. The zero-order valence-corrected chi connectivity index (χ0v) is 12.5. The molecule has 9 heteroatoms. The summed E-state index contributed by atoms with van der Waals surface area (Å²) in [5, 5.41) is 2.51. The van der Waals surface area contributed by atoms with Gasteiger partial charge in [0.05, 0.1) is 11.3 Å². The Hall–Kier alpha value is -1.61. The molecule has 22 heavy (non-hydrogen) atoms. The average molecular weight is 336 g/mol. The highest BCUT2D eigenvalue weighted by molar-refractivity contribution is 7.88. The molecule has 1 aliphatic rings. The van der Waals surface area contributed by atoms with Crippen molar-refractivity contribution in [2.24, 2.45) is 0 Å². The van der Waals surface area contributed by atoms with Gasteiger partial charge >= 0.3 is 6.18 Å². The van der Waals surface area contributed by atoms with Crippen LogP contribution in [0.1, 0.15) is 18.1 Å². The van der Waals surface area contributed by atoms with Crippen LogP contribution >= 0.6 is 0 Å². The van der Waals surface area contributed by atoms with Crippen LogP contribution in [0.5, 0.6) is 0 Å². The molecule has 0 aromatic heterocycles. The predicted octanol–water partition coefficient (Wildman–Crippen LogP) is 1.36. The molecule has 0 bridgehead atoms. The van der Waals surface area contributed by atoms with Crippen molar-refractivity contribution < 1.29 is 26.4 Å². The molecule has 0 saturated carbocycles. The maximum absolute atomic E-state index is 12.9. The first-order valence-corrected chi connectivity index (χ1v) is 8.16. The van der Waals surface area contributed by atoms with Gasteiger partial charge in [0.25, 0.3) is 0 Å². The molecule has 2 rings (SSSR count). The molecule has 1 aliphatic heterocycles. The fourth-order valence-electron chi connectivity index (χ4n) is 2.34. The van der Waals surface area contributed by atoms with Crippen LogP contribution in [0.4, 0.5) is 13.2 Å². The fourth-order valence-corrected chi connectivity index (χ4v) is 4.10. The van der Waals surface area contributed by atoms with Gasteiger partial charge in [-0.1, -0.05) is 18.2 Å². The van der Waals surface area contributed by atoms with Crippen molar-refractivity contribution in [3.63, 3.8) is 0 Å². The number of nitrogens with one attached hydrogen (secondary N) is 1. The van der Waals surface area contributed by atoms with Gasteiger partial charge in [-0.25, -0.2) is 8.42 Å². The first-order chi connectivity index (χ1) is 10.1. The van der Waals surface area contributed by atoms with E-state index < -0.39 is 39.5 Å². The molecule has 122 valence electrons. The third kappa shape index (κ3) is 3.41. The van der Waals surface area contributed by atoms with E-state index in [1.807, 2.05) is 0 Å². The van der Waals surface area contributed by atoms with E-state index in [-0.39, 0.29) is 18.7 Å². The monoisotopic (exact) mass is 336 g/mol. The van der Waals surface area contributed by atoms with E-state index in [1.165, 1.54) is 19.1 Å². The van der Waals surface area contributed by atoms with E-state index in [2.05, 4.69) is 5.32 Å². The largest absolute Gasteiger partial charge is 0.416 e. The van der Waals surface area contributed by atoms with E-state index in [9.17, 15) is 26.4 Å². The highest BCUT2D eigenvalue weighted by Crippen LogP contribution is 2.33. The van der Waals surface area contributed by atoms with E-state index in [1.54, 1.807) is 0 Å². The number of hydrogen-bond donors (Lipinski definition) is 1. The molecule has 1 heterocycles. The Morgan fingerprint density at radius 2 is 1.95 bits per heavy atom. The first-order valence-electron chi connectivity index (χ1n) is 6.55. The second kappa shape index (κ2) is 5.88. The standard InChI is InChI=1S/C13H15F3N2O3S/c1-9-12(19)17-6-7-18(9)22(20,21)8-10-4-2-3-5-11(10)13(14,15)16/h2-5,9H,6-8H2,1H3,(H,17,19). The predicted molar refractivity (Wildman–Crippen MR) is 73.2 cm³/mol. The quantitative estimate of drug-likeness (QED) is 0.906. The Morgan fingerprint density at radius 1 is 1.32 bits per heavy atom. The van der Waals surface area contributed by atoms with Crippen LogP contribution in [0.3, 0.4) is 0 Å². The highest BCUT2D eigenvalue weighted by Gasteiger charge is 2.38. The molecule has 0 aliphatic carbocycles. The number of halogens is 3. The summed E-state index contributed by atoms with van der Waals surface area (Å²) in [7, 11) is -4.03. The Bertz CT molecular complexity index is 673. The molecular formula is C13H15F3N2O3S. The minimum atomic E-state index is -4.63. The third-order valence-electron chi connectivity index (χ3n) is 3.46. The number of nitrogens with zero attached hydrogens (tertiary/aromatic N) is 1. The van der Waals surface area contributed by atoms with Crippen molar-refractivity contribution in [1.82, 2.24) is 9.62 Å². The summed E-state index contributed by atoms with van der Waals surface area (Å²) in [6.07, 6.45) is -4.63. The van der Waals surface area contributed by atoms with Crippen LogP contribution in [-0.4, -0.2) is 37.8 Å². The van der Waals surface area contributed by atoms with Gasteiger partial charge in [-0.05, 0) is 18.6 Å². The van der Waals surface area contributed by atoms with Gasteiger partial charge < -0.3 is 5.32 Å². The van der Waals surface area contributed by atoms with Gasteiger partial charge in [0.15, 0.2) is 0 Å². The fraction of sp³-hybridized carbons (Fsp3) is 0.462. The van der Waals surface area contributed by atoms with Crippen molar-refractivity contribution in [1.29, 1.82) is 0 Å². The number of benzene rings is 1. The number of carbonyl (C=O) groups is 1. The van der Waals surface area contributed by atoms with Crippen LogP contribution in [0, 0.1) is 0 Å². The Balaban J connectivity index is 2.32. The van der Waals surface area contributed by atoms with Gasteiger partial charge in [-0.2, -0.15) is 17.5 Å². The first kappa shape index (κ1) is 16.8. The van der Waals surface area contributed by atoms with Gasteiger partial charge in [0.1, 0.15) is 6.04 Å². The Morgan fingerprint density at radius 3 is 2.59 bits per heavy atom. The molecule has 1 aromatic carbocycles. The zero-order chi connectivity index (χ0) is 16.5. The molecule has 1 saturated heterocycles. The van der Waals surface area contributed by atoms with Gasteiger partial charge in [0.2, 0.25) is 15.9 Å². The van der Waals surface area contributed by atoms with Gasteiger partial charge in [-0.3, -0.25) is 4.79 Å². The lowest BCUT2D eigenvalue weighted by molar-refractivity contribution is -0.138. The zero-order valence-electron chi connectivity index (χ0n) is 11.7. The van der Waals surface area contributed by atoms with E-state index >= 15 is 0 Å². The normalized spacial score (nSPS) is 20.7. The van der Waals surface area contributed by atoms with Crippen molar-refractivity contribution in [2.45, 2.75) is 24.9 Å². The Kier molecular flexibility index (Phi) is 4.48. The molecule has 1 aromatic rings. The minimum absolute atomic E-state index is 0.0451. The molecule has 1 fully saturated rings. The number of piperazine rings is 1. The van der Waals surface area contributed by atoms with E-state index in [4.69, 9.17) is 0 Å². The van der Waals surface area contributed by atoms with Crippen molar-refractivity contribution >= 4 is 15.9 Å². The topological polar surface area (TPSA) is 66.5 Å². The van der Waals surface area contributed by atoms with Gasteiger partial charge in [0, 0.05) is 13.1 Å². The molecule has 0 spiro atoms. The lowest BCUT2D eigenvalue weighted by atomic mass is 10.1. The lowest BCUT2D eigenvalue weighted by Gasteiger charge is -2.32. The lowest BCUT2D eigenvalue weighted by Crippen LogP contribution is -2.55. The molecule has 1 N–H and O–H groups in total. The molecule has 0 radical (unpaired) electrons. The number of alkyl halides is 3. The number of hydrogen-bond acceptors (Lipinski definition) is 3. The van der Waals surface area contributed by atoms with Crippen LogP contribution in [0.25, 0.3) is 0 Å². The summed E-state index contributed by atoms with van der Waals surface area (Å²) < 4.78 is 64.5. The van der Waals surface area contributed by atoms with Gasteiger partial charge in [-0.15, -0.1) is 0 Å². The molecular weight excluding hydrogens is 321 g/mol. The molecule has 1 atom stereocenters. The second-order valence-electron chi connectivity index (χ2n) is 4.99. The van der Waals surface area contributed by atoms with Crippen LogP contribution in [0.15, 0.2) is 24.3 Å². The number of carbonyl (C=O) groups excluding carboxylic acids is 1. The van der Waals surface area contributed by atoms with Crippen LogP contribution in [0.2, 0.25) is 0 Å². The highest BCUT2D eigenvalue weighted by atomic mass is 32.2. The smallest absolute Gasteiger partial charge is 0.353 e. The van der Waals surface area contributed by atoms with Crippen molar-refractivity contribution in [2.75, 3.05) is 13.1 Å². The van der Waals surface area contributed by atoms with Crippen molar-refractivity contribution in [3.8, 4) is 0 Å². The molecule has 1 unspecified atom stereocenters. The van der Waals surface area contributed by atoms with Crippen LogP contribution < -0.4 is 5.32 Å². The molecule has 5 nitrogen and oxygen atoms in total. The third-order valence-corrected chi connectivity index (χ3v) is 5.35. The van der Waals surface area contributed by atoms with Crippen LogP contribution in [-0.2, 0) is 26.7 Å². The van der Waals surface area contributed by atoms with E-state index in [0.29, 0.717) is 0 Å². The van der Waals surface area contributed by atoms with Crippen molar-refractivity contribution in [3.05, 3.63) is 35.4 Å². The summed E-state index contributed by atoms with van der Waals surface area (Å²) in [4.78, 5) is 11.5. The summed E-state index contributed by atoms with van der Waals surface area (Å²) in [6.45, 7) is 1.59. The summed E-state index contributed by atoms with van der Waals surface area (Å²) in [6, 6.07) is 3.60. The Labute approximate surface area is 126 Å². The molecule has 1 amide bonds. The maximum Gasteiger partial charge on any atom is 0.416 e. The second-order valence-corrected chi connectivity index (χ2v) is 6.91. The summed E-state index contributed by atoms with van der Waals surface area (Å²) in [5.74, 6) is -1.25. The number of sulfonamides is 1. The van der Waals surface area contributed by atoms with E-state index in [0.717, 1.165) is 16.4 Å². The summed E-state index contributed by atoms with van der Waals surface area (Å²) in [5.41, 5.74) is -1.30. The summed E-state index contributed by atoms with van der Waals surface area (Å²) >= 11 is 0.